The Morgan fingerprint density at radius 3 is 2.61 bits per heavy atom. The maximum atomic E-state index is 12.2. The predicted molar refractivity (Wildman–Crippen MR) is 69.4 cm³/mol. The number of carbonyl (C=O) groups is 2. The number of aryl methyl sites for hydroxylation is 1. The number of amides is 1. The third kappa shape index (κ3) is 3.87. The highest BCUT2D eigenvalue weighted by Gasteiger charge is 2.15. The molecule has 4 nitrogen and oxygen atoms in total. The molecule has 0 aliphatic rings. The molecule has 1 rings (SSSR count). The van der Waals surface area contributed by atoms with E-state index in [-0.39, 0.29) is 18.3 Å². The molecule has 1 amide bonds. The van der Waals surface area contributed by atoms with E-state index in [0.717, 1.165) is 5.56 Å². The van der Waals surface area contributed by atoms with E-state index in [0.29, 0.717) is 18.7 Å². The van der Waals surface area contributed by atoms with Gasteiger partial charge in [-0.15, -0.1) is 0 Å². The van der Waals surface area contributed by atoms with Crippen LogP contribution in [0.5, 0.6) is 0 Å². The standard InChI is InChI=1S/C14H19NO3/c1-4-15(9-8-13(16)18-3)14(17)12-7-5-6-11(2)10-12/h5-7,10H,4,8-9H2,1-3H3. The zero-order valence-corrected chi connectivity index (χ0v) is 11.1. The first-order chi connectivity index (χ1) is 8.58. The van der Waals surface area contributed by atoms with Crippen molar-refractivity contribution in [1.82, 2.24) is 4.90 Å². The second kappa shape index (κ2) is 6.79. The molecule has 0 heterocycles. The molecule has 0 N–H and O–H groups in total. The molecular weight excluding hydrogens is 230 g/mol. The second-order valence-electron chi connectivity index (χ2n) is 4.08. The molecule has 0 bridgehead atoms. The third-order valence-corrected chi connectivity index (χ3v) is 2.75. The number of ether oxygens (including phenoxy) is 1. The van der Waals surface area contributed by atoms with Crippen molar-refractivity contribution in [2.45, 2.75) is 20.3 Å². The van der Waals surface area contributed by atoms with Crippen LogP contribution in [-0.2, 0) is 9.53 Å². The summed E-state index contributed by atoms with van der Waals surface area (Å²) in [6.07, 6.45) is 0.224. The summed E-state index contributed by atoms with van der Waals surface area (Å²) in [5, 5.41) is 0. The summed E-state index contributed by atoms with van der Waals surface area (Å²) < 4.78 is 4.57. The first-order valence-electron chi connectivity index (χ1n) is 6.01. The van der Waals surface area contributed by atoms with Crippen LogP contribution in [0.3, 0.4) is 0 Å². The van der Waals surface area contributed by atoms with Gasteiger partial charge in [-0.2, -0.15) is 0 Å². The van der Waals surface area contributed by atoms with E-state index in [4.69, 9.17) is 0 Å². The topological polar surface area (TPSA) is 46.6 Å². The van der Waals surface area contributed by atoms with Crippen LogP contribution in [0.15, 0.2) is 24.3 Å². The van der Waals surface area contributed by atoms with Gasteiger partial charge in [0.25, 0.3) is 5.91 Å². The molecule has 18 heavy (non-hydrogen) atoms. The van der Waals surface area contributed by atoms with E-state index in [2.05, 4.69) is 4.74 Å². The van der Waals surface area contributed by atoms with Gasteiger partial charge in [-0.05, 0) is 26.0 Å². The van der Waals surface area contributed by atoms with Crippen molar-refractivity contribution in [3.63, 3.8) is 0 Å². The van der Waals surface area contributed by atoms with Gasteiger partial charge in [0, 0.05) is 18.7 Å². The van der Waals surface area contributed by atoms with Crippen molar-refractivity contribution in [3.05, 3.63) is 35.4 Å². The third-order valence-electron chi connectivity index (χ3n) is 2.75. The van der Waals surface area contributed by atoms with E-state index < -0.39 is 0 Å². The van der Waals surface area contributed by atoms with E-state index >= 15 is 0 Å². The Balaban J connectivity index is 2.70. The van der Waals surface area contributed by atoms with Gasteiger partial charge in [0.1, 0.15) is 0 Å². The summed E-state index contributed by atoms with van der Waals surface area (Å²) >= 11 is 0. The van der Waals surface area contributed by atoms with Crippen molar-refractivity contribution in [3.8, 4) is 0 Å². The molecular formula is C14H19NO3. The lowest BCUT2D eigenvalue weighted by molar-refractivity contribution is -0.140. The molecule has 0 aromatic heterocycles. The van der Waals surface area contributed by atoms with Gasteiger partial charge >= 0.3 is 5.97 Å². The summed E-state index contributed by atoms with van der Waals surface area (Å²) in [6.45, 7) is 4.80. The van der Waals surface area contributed by atoms with Crippen molar-refractivity contribution in [2.75, 3.05) is 20.2 Å². The Morgan fingerprint density at radius 1 is 1.33 bits per heavy atom. The minimum absolute atomic E-state index is 0.0508. The molecule has 0 radical (unpaired) electrons. The van der Waals surface area contributed by atoms with Crippen LogP contribution in [0.1, 0.15) is 29.3 Å². The zero-order valence-electron chi connectivity index (χ0n) is 11.1. The van der Waals surface area contributed by atoms with Crippen molar-refractivity contribution >= 4 is 11.9 Å². The molecule has 1 aromatic rings. The number of carbonyl (C=O) groups excluding carboxylic acids is 2. The van der Waals surface area contributed by atoms with E-state index in [1.54, 1.807) is 11.0 Å². The molecule has 0 atom stereocenters. The van der Waals surface area contributed by atoms with Crippen LogP contribution in [0.25, 0.3) is 0 Å². The van der Waals surface area contributed by atoms with Gasteiger partial charge in [-0.1, -0.05) is 17.7 Å². The summed E-state index contributed by atoms with van der Waals surface area (Å²) in [7, 11) is 1.35. The minimum Gasteiger partial charge on any atom is -0.469 e. The van der Waals surface area contributed by atoms with Crippen molar-refractivity contribution in [1.29, 1.82) is 0 Å². The van der Waals surface area contributed by atoms with Crippen molar-refractivity contribution < 1.29 is 14.3 Å². The summed E-state index contributed by atoms with van der Waals surface area (Å²) in [6, 6.07) is 7.44. The fourth-order valence-electron chi connectivity index (χ4n) is 1.69. The highest BCUT2D eigenvalue weighted by molar-refractivity contribution is 5.94. The Hall–Kier alpha value is -1.84. The molecule has 4 heteroatoms. The molecule has 98 valence electrons. The number of rotatable bonds is 5. The minimum atomic E-state index is -0.300. The molecule has 0 saturated carbocycles. The van der Waals surface area contributed by atoms with Gasteiger partial charge in [0.2, 0.25) is 0 Å². The molecule has 0 aliphatic heterocycles. The highest BCUT2D eigenvalue weighted by Crippen LogP contribution is 2.08. The van der Waals surface area contributed by atoms with E-state index in [1.165, 1.54) is 7.11 Å². The van der Waals surface area contributed by atoms with Crippen LogP contribution < -0.4 is 0 Å². The number of hydrogen-bond acceptors (Lipinski definition) is 3. The number of hydrogen-bond donors (Lipinski definition) is 0. The highest BCUT2D eigenvalue weighted by atomic mass is 16.5. The van der Waals surface area contributed by atoms with E-state index in [9.17, 15) is 9.59 Å². The fraction of sp³-hybridized carbons (Fsp3) is 0.429. The van der Waals surface area contributed by atoms with Gasteiger partial charge in [0.15, 0.2) is 0 Å². The van der Waals surface area contributed by atoms with Crippen LogP contribution in [0, 0.1) is 6.92 Å². The average Bonchev–Trinajstić information content (AvgIpc) is 2.38. The maximum absolute atomic E-state index is 12.2. The van der Waals surface area contributed by atoms with Gasteiger partial charge in [-0.25, -0.2) is 0 Å². The summed E-state index contributed by atoms with van der Waals surface area (Å²) in [5.41, 5.74) is 1.70. The fourth-order valence-corrected chi connectivity index (χ4v) is 1.69. The van der Waals surface area contributed by atoms with E-state index in [1.807, 2.05) is 32.0 Å². The Morgan fingerprint density at radius 2 is 2.06 bits per heavy atom. The first-order valence-corrected chi connectivity index (χ1v) is 6.01. The summed E-state index contributed by atoms with van der Waals surface area (Å²) in [4.78, 5) is 24.9. The lowest BCUT2D eigenvalue weighted by atomic mass is 10.1. The normalized spacial score (nSPS) is 9.94. The Bertz CT molecular complexity index is 429. The van der Waals surface area contributed by atoms with Crippen LogP contribution in [-0.4, -0.2) is 37.0 Å². The molecule has 1 aromatic carbocycles. The lowest BCUT2D eigenvalue weighted by Crippen LogP contribution is -2.33. The number of methoxy groups -OCH3 is 1. The van der Waals surface area contributed by atoms with Gasteiger partial charge in [-0.3, -0.25) is 9.59 Å². The van der Waals surface area contributed by atoms with Gasteiger partial charge in [0.05, 0.1) is 13.5 Å². The lowest BCUT2D eigenvalue weighted by Gasteiger charge is -2.20. The number of nitrogens with zero attached hydrogens (tertiary/aromatic N) is 1. The van der Waals surface area contributed by atoms with Gasteiger partial charge < -0.3 is 9.64 Å². The first kappa shape index (κ1) is 14.2. The number of benzene rings is 1. The average molecular weight is 249 g/mol. The number of esters is 1. The Labute approximate surface area is 108 Å². The largest absolute Gasteiger partial charge is 0.469 e. The smallest absolute Gasteiger partial charge is 0.307 e. The summed E-state index contributed by atoms with van der Waals surface area (Å²) in [5.74, 6) is -0.351. The quantitative estimate of drug-likeness (QED) is 0.750. The SMILES string of the molecule is CCN(CCC(=O)OC)C(=O)c1cccc(C)c1. The molecule has 0 unspecified atom stereocenters. The zero-order chi connectivity index (χ0) is 13.5. The van der Waals surface area contributed by atoms with Crippen molar-refractivity contribution in [2.24, 2.45) is 0 Å². The van der Waals surface area contributed by atoms with Crippen LogP contribution in [0.4, 0.5) is 0 Å². The molecule has 0 saturated heterocycles. The molecule has 0 aliphatic carbocycles. The molecule has 0 fully saturated rings. The maximum Gasteiger partial charge on any atom is 0.307 e. The van der Waals surface area contributed by atoms with Crippen LogP contribution in [0.2, 0.25) is 0 Å². The monoisotopic (exact) mass is 249 g/mol. The second-order valence-corrected chi connectivity index (χ2v) is 4.08. The predicted octanol–water partition coefficient (Wildman–Crippen LogP) is 2.02. The Kier molecular flexibility index (Phi) is 5.36. The molecule has 0 spiro atoms. The van der Waals surface area contributed by atoms with Crippen LogP contribution >= 0.6 is 0 Å².